The molecule has 2 aromatic rings. The number of hydrogen-bond acceptors (Lipinski definition) is 2. The van der Waals surface area contributed by atoms with Crippen LogP contribution in [-0.2, 0) is 13.1 Å². The van der Waals surface area contributed by atoms with Crippen LogP contribution in [0.2, 0.25) is 0 Å². The highest BCUT2D eigenvalue weighted by Gasteiger charge is 2.03. The number of hydrogen-bond donors (Lipinski definition) is 0. The molecule has 0 atom stereocenters. The molecule has 0 radical (unpaired) electrons. The van der Waals surface area contributed by atoms with Gasteiger partial charge in [-0.2, -0.15) is 0 Å². The molecule has 0 aliphatic rings. The predicted molar refractivity (Wildman–Crippen MR) is 70.0 cm³/mol. The highest BCUT2D eigenvalue weighted by atomic mass is 79.9. The van der Waals surface area contributed by atoms with Gasteiger partial charge in [-0.15, -0.1) is 0 Å². The van der Waals surface area contributed by atoms with Crippen molar-refractivity contribution in [2.75, 3.05) is 0 Å². The van der Waals surface area contributed by atoms with Crippen molar-refractivity contribution in [2.24, 2.45) is 0 Å². The fraction of sp³-hybridized carbons (Fsp3) is 0.333. The number of aromatic nitrogens is 3. The van der Waals surface area contributed by atoms with Crippen LogP contribution in [0, 0.1) is 0 Å². The number of imidazole rings is 1. The summed E-state index contributed by atoms with van der Waals surface area (Å²) in [6, 6.07) is 1.97. The van der Waals surface area contributed by atoms with Gasteiger partial charge in [0.1, 0.15) is 0 Å². The molecular weight excluding hydrogens is 282 g/mol. The molecule has 0 N–H and O–H groups in total. The Morgan fingerprint density at radius 3 is 2.76 bits per heavy atom. The molecule has 0 fully saturated rings. The number of aryl methyl sites for hydroxylation is 1. The molecule has 90 valence electrons. The van der Waals surface area contributed by atoms with E-state index in [0.717, 1.165) is 23.0 Å². The molecule has 0 saturated heterocycles. The third-order valence-corrected chi connectivity index (χ3v) is 2.93. The van der Waals surface area contributed by atoms with Gasteiger partial charge in [0, 0.05) is 35.8 Å². The van der Waals surface area contributed by atoms with E-state index in [1.54, 1.807) is 21.5 Å². The zero-order valence-electron chi connectivity index (χ0n) is 9.64. The zero-order chi connectivity index (χ0) is 12.3. The Hall–Kier alpha value is -1.36. The Labute approximate surface area is 108 Å². The van der Waals surface area contributed by atoms with Gasteiger partial charge in [-0.05, 0) is 34.0 Å². The van der Waals surface area contributed by atoms with Gasteiger partial charge >= 0.3 is 5.69 Å². The van der Waals surface area contributed by atoms with E-state index in [9.17, 15) is 4.79 Å². The Morgan fingerprint density at radius 2 is 2.06 bits per heavy atom. The third kappa shape index (κ3) is 2.85. The first-order valence-electron chi connectivity index (χ1n) is 5.55. The molecule has 4 nitrogen and oxygen atoms in total. The second-order valence-corrected chi connectivity index (χ2v) is 4.83. The van der Waals surface area contributed by atoms with Crippen LogP contribution in [0.1, 0.15) is 18.9 Å². The number of nitrogens with zero attached hydrogens (tertiary/aromatic N) is 3. The van der Waals surface area contributed by atoms with E-state index in [4.69, 9.17) is 0 Å². The molecular formula is C12H14BrN3O. The maximum absolute atomic E-state index is 11.9. The first-order chi connectivity index (χ1) is 8.20. The summed E-state index contributed by atoms with van der Waals surface area (Å²) in [7, 11) is 0. The highest BCUT2D eigenvalue weighted by Crippen LogP contribution is 2.10. The van der Waals surface area contributed by atoms with Crippen LogP contribution in [0.5, 0.6) is 0 Å². The van der Waals surface area contributed by atoms with E-state index in [0.29, 0.717) is 6.54 Å². The summed E-state index contributed by atoms with van der Waals surface area (Å²) in [4.78, 5) is 16.0. The molecule has 0 aliphatic heterocycles. The minimum Gasteiger partial charge on any atom is -0.299 e. The van der Waals surface area contributed by atoms with Crippen molar-refractivity contribution in [3.63, 3.8) is 0 Å². The summed E-state index contributed by atoms with van der Waals surface area (Å²) >= 11 is 3.37. The summed E-state index contributed by atoms with van der Waals surface area (Å²) in [5, 5.41) is 0. The van der Waals surface area contributed by atoms with Gasteiger partial charge in [-0.25, -0.2) is 4.79 Å². The van der Waals surface area contributed by atoms with Gasteiger partial charge in [-0.3, -0.25) is 14.1 Å². The fourth-order valence-electron chi connectivity index (χ4n) is 1.72. The molecule has 2 heterocycles. The van der Waals surface area contributed by atoms with Crippen LogP contribution >= 0.6 is 15.9 Å². The van der Waals surface area contributed by atoms with Crippen molar-refractivity contribution in [3.05, 3.63) is 51.4 Å². The minimum atomic E-state index is 0.0341. The second-order valence-electron chi connectivity index (χ2n) is 3.91. The van der Waals surface area contributed by atoms with Gasteiger partial charge < -0.3 is 0 Å². The monoisotopic (exact) mass is 295 g/mol. The Kier molecular flexibility index (Phi) is 3.78. The topological polar surface area (TPSA) is 39.8 Å². The Bertz CT molecular complexity index is 559. The molecule has 0 spiro atoms. The van der Waals surface area contributed by atoms with Crippen molar-refractivity contribution in [2.45, 2.75) is 26.4 Å². The lowest BCUT2D eigenvalue weighted by atomic mass is 10.3. The van der Waals surface area contributed by atoms with E-state index >= 15 is 0 Å². The van der Waals surface area contributed by atoms with Crippen LogP contribution < -0.4 is 5.69 Å². The number of pyridine rings is 1. The molecule has 0 bridgehead atoms. The molecule has 17 heavy (non-hydrogen) atoms. The number of halogens is 1. The lowest BCUT2D eigenvalue weighted by Gasteiger charge is -2.02. The van der Waals surface area contributed by atoms with Crippen LogP contribution in [0.15, 0.2) is 40.1 Å². The van der Waals surface area contributed by atoms with Crippen molar-refractivity contribution in [1.82, 2.24) is 14.1 Å². The third-order valence-electron chi connectivity index (χ3n) is 2.50. The van der Waals surface area contributed by atoms with Crippen molar-refractivity contribution >= 4 is 15.9 Å². The normalized spacial score (nSPS) is 10.7. The largest absolute Gasteiger partial charge is 0.328 e. The summed E-state index contributed by atoms with van der Waals surface area (Å²) in [6.07, 6.45) is 8.11. The quantitative estimate of drug-likeness (QED) is 0.868. The van der Waals surface area contributed by atoms with Crippen LogP contribution in [0.25, 0.3) is 0 Å². The van der Waals surface area contributed by atoms with Gasteiger partial charge in [0.2, 0.25) is 0 Å². The molecule has 0 aromatic carbocycles. The molecule has 2 rings (SSSR count). The van der Waals surface area contributed by atoms with Crippen LogP contribution in [0.3, 0.4) is 0 Å². The van der Waals surface area contributed by atoms with Gasteiger partial charge in [-0.1, -0.05) is 6.92 Å². The van der Waals surface area contributed by atoms with Gasteiger partial charge in [0.25, 0.3) is 0 Å². The predicted octanol–water partition coefficient (Wildman–Crippen LogP) is 2.27. The maximum Gasteiger partial charge on any atom is 0.328 e. The first-order valence-corrected chi connectivity index (χ1v) is 6.35. The van der Waals surface area contributed by atoms with Crippen molar-refractivity contribution < 1.29 is 0 Å². The van der Waals surface area contributed by atoms with E-state index in [1.807, 2.05) is 18.5 Å². The Balaban J connectivity index is 2.22. The lowest BCUT2D eigenvalue weighted by Crippen LogP contribution is -2.24. The van der Waals surface area contributed by atoms with E-state index in [1.165, 1.54) is 0 Å². The summed E-state index contributed by atoms with van der Waals surface area (Å²) in [5.74, 6) is 0. The molecule has 2 aromatic heterocycles. The van der Waals surface area contributed by atoms with Gasteiger partial charge in [0.05, 0.1) is 6.54 Å². The molecule has 0 unspecified atom stereocenters. The lowest BCUT2D eigenvalue weighted by molar-refractivity contribution is 0.623. The van der Waals surface area contributed by atoms with E-state index in [-0.39, 0.29) is 5.69 Å². The average molecular weight is 296 g/mol. The van der Waals surface area contributed by atoms with Crippen molar-refractivity contribution in [3.8, 4) is 0 Å². The second kappa shape index (κ2) is 5.31. The van der Waals surface area contributed by atoms with Gasteiger partial charge in [0.15, 0.2) is 0 Å². The summed E-state index contributed by atoms with van der Waals surface area (Å²) in [5.41, 5.74) is 1.04. The standard InChI is InChI=1S/C12H14BrN3O/c1-2-3-15-4-5-16(12(15)17)9-10-6-11(13)8-14-7-10/h4-8H,2-3,9H2,1H3. The van der Waals surface area contributed by atoms with E-state index < -0.39 is 0 Å². The van der Waals surface area contributed by atoms with Crippen molar-refractivity contribution in [1.29, 1.82) is 0 Å². The van der Waals surface area contributed by atoms with Crippen LogP contribution in [-0.4, -0.2) is 14.1 Å². The average Bonchev–Trinajstić information content (AvgIpc) is 2.62. The SMILES string of the molecule is CCCn1ccn(Cc2cncc(Br)c2)c1=O. The molecule has 0 amide bonds. The minimum absolute atomic E-state index is 0.0341. The summed E-state index contributed by atoms with van der Waals surface area (Å²) < 4.78 is 4.35. The number of rotatable bonds is 4. The maximum atomic E-state index is 11.9. The molecule has 0 aliphatic carbocycles. The fourth-order valence-corrected chi connectivity index (χ4v) is 2.14. The smallest absolute Gasteiger partial charge is 0.299 e. The first kappa shape index (κ1) is 12.1. The zero-order valence-corrected chi connectivity index (χ0v) is 11.2. The summed E-state index contributed by atoms with van der Waals surface area (Å²) in [6.45, 7) is 3.38. The molecule has 0 saturated carbocycles. The Morgan fingerprint density at radius 1 is 1.29 bits per heavy atom. The highest BCUT2D eigenvalue weighted by molar-refractivity contribution is 9.10. The van der Waals surface area contributed by atoms with Crippen LogP contribution in [0.4, 0.5) is 0 Å². The molecule has 5 heteroatoms. The van der Waals surface area contributed by atoms with E-state index in [2.05, 4.69) is 27.8 Å².